The second-order valence-electron chi connectivity index (χ2n) is 2.03. The Morgan fingerprint density at radius 2 is 2.29 bits per heavy atom. The van der Waals surface area contributed by atoms with Gasteiger partial charge in [-0.15, -0.1) is 0 Å². The van der Waals surface area contributed by atoms with Gasteiger partial charge in [0, 0.05) is 0 Å². The minimum absolute atomic E-state index is 0.935. The van der Waals surface area contributed by atoms with Gasteiger partial charge in [0.15, 0.2) is 0 Å². The normalized spacial score (nSPS) is 19.9. The van der Waals surface area contributed by atoms with Crippen LogP contribution >= 0.6 is 0 Å². The van der Waals surface area contributed by atoms with E-state index < -0.39 is 0 Å². The molecule has 2 heteroatoms. The van der Waals surface area contributed by atoms with Gasteiger partial charge in [-0.25, -0.2) is 0 Å². The van der Waals surface area contributed by atoms with Crippen molar-refractivity contribution in [3.05, 3.63) is 0 Å². The van der Waals surface area contributed by atoms with Crippen LogP contribution in [-0.4, -0.2) is 1.83 Å². The summed E-state index contributed by atoms with van der Waals surface area (Å²) in [6.45, 7) is 0. The third-order valence-corrected chi connectivity index (χ3v) is 1.52. The van der Waals surface area contributed by atoms with E-state index in [0.29, 0.717) is 0 Å². The summed E-state index contributed by atoms with van der Waals surface area (Å²) in [6.07, 6.45) is 3.90. The van der Waals surface area contributed by atoms with Crippen LogP contribution in [0.15, 0.2) is 0 Å². The van der Waals surface area contributed by atoms with Crippen LogP contribution in [0.3, 0.4) is 0 Å². The van der Waals surface area contributed by atoms with Crippen LogP contribution in [0.1, 0.15) is 19.3 Å². The summed E-state index contributed by atoms with van der Waals surface area (Å²) in [6, 6.07) is 0. The molecule has 0 amide bonds. The van der Waals surface area contributed by atoms with Gasteiger partial charge in [0.2, 0.25) is 0 Å². The Kier molecular flexibility index (Phi) is 2.27. The first-order chi connectivity index (χ1) is 3.29. The van der Waals surface area contributed by atoms with Gasteiger partial charge in [-0.2, -0.15) is 0 Å². The molecule has 0 heterocycles. The monoisotopic (exact) mass is 252 g/mol. The van der Waals surface area contributed by atoms with Crippen molar-refractivity contribution in [2.75, 3.05) is 0 Å². The van der Waals surface area contributed by atoms with E-state index >= 15 is 0 Å². The summed E-state index contributed by atoms with van der Waals surface area (Å²) in [5.74, 6) is 0.935. The molecule has 0 aliphatic heterocycles. The summed E-state index contributed by atoms with van der Waals surface area (Å²) in [5, 5.41) is 0. The number of nitrogens with two attached hydrogens (primary N) is 1. The molecule has 0 saturated heterocycles. The van der Waals surface area contributed by atoms with Crippen molar-refractivity contribution in [3.63, 3.8) is 0 Å². The Balaban J connectivity index is 2.08. The fourth-order valence-corrected chi connectivity index (χ4v) is 1.08. The SMILES string of the molecule is N[C](=[Tm])CC1CC1. The second kappa shape index (κ2) is 2.56. The van der Waals surface area contributed by atoms with E-state index in [1.54, 1.807) is 0 Å². The molecule has 0 aromatic rings. The van der Waals surface area contributed by atoms with Gasteiger partial charge in [-0.1, -0.05) is 0 Å². The van der Waals surface area contributed by atoms with Gasteiger partial charge in [0.1, 0.15) is 0 Å². The van der Waals surface area contributed by atoms with Gasteiger partial charge >= 0.3 is 67.2 Å². The summed E-state index contributed by atoms with van der Waals surface area (Å²) >= 11 is 2.72. The third kappa shape index (κ3) is 2.79. The first-order valence-electron chi connectivity index (χ1n) is 2.51. The molecule has 1 aliphatic carbocycles. The molecule has 1 rings (SSSR count). The average molecular weight is 252 g/mol. The molecule has 47 valence electrons. The second-order valence-corrected chi connectivity index (χ2v) is 3.17. The predicted octanol–water partition coefficient (Wildman–Crippen LogP) is 0.424. The van der Waals surface area contributed by atoms with Gasteiger partial charge in [-0.3, -0.25) is 0 Å². The molecule has 1 aliphatic rings. The average Bonchev–Trinajstić information content (AvgIpc) is 2.17. The fraction of sp³-hybridized carbons (Fsp3) is 0.800. The van der Waals surface area contributed by atoms with Crippen molar-refractivity contribution in [1.29, 1.82) is 0 Å². The van der Waals surface area contributed by atoms with Crippen LogP contribution in [-0.2, 0) is 0 Å². The molecule has 0 aromatic carbocycles. The molecule has 2 N–H and O–H groups in total. The van der Waals surface area contributed by atoms with E-state index in [2.05, 4.69) is 34.4 Å². The molecule has 1 fully saturated rings. The Morgan fingerprint density at radius 1 is 1.71 bits per heavy atom. The fourth-order valence-electron chi connectivity index (χ4n) is 0.569. The molecule has 0 spiro atoms. The first-order valence-corrected chi connectivity index (χ1v) is 3.40. The first kappa shape index (κ1) is 6.19. The maximum atomic E-state index is 5.40. The van der Waals surface area contributed by atoms with Crippen molar-refractivity contribution in [1.82, 2.24) is 0 Å². The van der Waals surface area contributed by atoms with Crippen LogP contribution in [0.5, 0.6) is 0 Å². The number of hydrogen-bond acceptors (Lipinski definition) is 1. The molecular weight excluding hydrogens is 243 g/mol. The van der Waals surface area contributed by atoms with E-state index in [9.17, 15) is 0 Å². The zero-order valence-electron chi connectivity index (χ0n) is 4.05. The molecular formula is C5H9NTm. The van der Waals surface area contributed by atoms with Crippen molar-refractivity contribution in [3.8, 4) is 0 Å². The van der Waals surface area contributed by atoms with Crippen molar-refractivity contribution >= 4 is 1.83 Å². The van der Waals surface area contributed by atoms with E-state index in [1.807, 2.05) is 0 Å². The zero-order valence-corrected chi connectivity index (χ0v) is 5.83. The molecule has 0 radical (unpaired) electrons. The molecule has 0 atom stereocenters. The van der Waals surface area contributed by atoms with Crippen molar-refractivity contribution in [2.24, 2.45) is 11.7 Å². The van der Waals surface area contributed by atoms with Crippen LogP contribution in [0.2, 0.25) is 0 Å². The van der Waals surface area contributed by atoms with Gasteiger partial charge in [0.25, 0.3) is 0 Å². The number of hydrogen-bond donors (Lipinski definition) is 1. The van der Waals surface area contributed by atoms with Gasteiger partial charge < -0.3 is 0 Å². The maximum absolute atomic E-state index is 5.40. The Hall–Kier alpha value is 1.06. The van der Waals surface area contributed by atoms with Gasteiger partial charge in [0.05, 0.1) is 0 Å². The van der Waals surface area contributed by atoms with Crippen molar-refractivity contribution in [2.45, 2.75) is 19.3 Å². The summed E-state index contributed by atoms with van der Waals surface area (Å²) in [4.78, 5) is 0. The Labute approximate surface area is 66.7 Å². The van der Waals surface area contributed by atoms with Gasteiger partial charge in [-0.05, 0) is 0 Å². The summed E-state index contributed by atoms with van der Waals surface area (Å²) in [7, 11) is 0. The van der Waals surface area contributed by atoms with E-state index in [0.717, 1.165) is 14.2 Å². The molecule has 0 bridgehead atoms. The standard InChI is InChI=1S/C5H9N.Tm/c6-4-3-5-1-2-5;/h5H,1-3,6H2;. The van der Waals surface area contributed by atoms with Crippen LogP contribution in [0, 0.1) is 40.4 Å². The molecule has 0 unspecified atom stereocenters. The third-order valence-electron chi connectivity index (χ3n) is 1.16. The topological polar surface area (TPSA) is 26.0 Å². The zero-order chi connectivity index (χ0) is 5.28. The van der Waals surface area contributed by atoms with E-state index in [4.69, 9.17) is 5.73 Å². The van der Waals surface area contributed by atoms with E-state index in [1.165, 1.54) is 12.8 Å². The molecule has 1 nitrogen and oxygen atoms in total. The Bertz CT molecular complexity index is 86.1. The van der Waals surface area contributed by atoms with E-state index in [-0.39, 0.29) is 0 Å². The molecule has 0 aromatic heterocycles. The quantitative estimate of drug-likeness (QED) is 0.757. The Morgan fingerprint density at radius 3 is 2.43 bits per heavy atom. The predicted molar refractivity (Wildman–Crippen MR) is 26.5 cm³/mol. The molecule has 7 heavy (non-hydrogen) atoms. The van der Waals surface area contributed by atoms with Crippen LogP contribution in [0.4, 0.5) is 0 Å². The minimum atomic E-state index is 0.935. The van der Waals surface area contributed by atoms with Crippen molar-refractivity contribution < 1.29 is 34.4 Å². The van der Waals surface area contributed by atoms with Crippen LogP contribution in [0.25, 0.3) is 0 Å². The summed E-state index contributed by atoms with van der Waals surface area (Å²) in [5.41, 5.74) is 5.40. The van der Waals surface area contributed by atoms with Crippen LogP contribution < -0.4 is 5.73 Å². The summed E-state index contributed by atoms with van der Waals surface area (Å²) < 4.78 is 0.988. The molecule has 1 saturated carbocycles. The number of rotatable bonds is 2.